The number of aliphatic hydroxyl groups excluding tert-OH is 1. The number of nitrogens with zero attached hydrogens (tertiary/aromatic N) is 1. The number of fused-ring (bicyclic) bond motifs is 1. The average molecular weight is 310 g/mol. The van der Waals surface area contributed by atoms with Gasteiger partial charge in [0.05, 0.1) is 17.2 Å². The number of aryl methyl sites for hydroxylation is 2. The van der Waals surface area contributed by atoms with Crippen molar-refractivity contribution in [2.75, 3.05) is 4.72 Å². The standard InChI is InChI=1S/C13H14N2O3S2/c16-8-9-4-6-10(7-5-9)20(17,18)15-13-14-11-2-1-3-12(11)19-13/h4-7,16H,1-3,8H2,(H,14,15). The highest BCUT2D eigenvalue weighted by Gasteiger charge is 2.20. The summed E-state index contributed by atoms with van der Waals surface area (Å²) in [5.74, 6) is 0. The Labute approximate surface area is 121 Å². The maximum absolute atomic E-state index is 12.2. The van der Waals surface area contributed by atoms with E-state index in [0.717, 1.165) is 25.0 Å². The largest absolute Gasteiger partial charge is 0.392 e. The van der Waals surface area contributed by atoms with Crippen LogP contribution >= 0.6 is 11.3 Å². The van der Waals surface area contributed by atoms with Crippen LogP contribution in [-0.4, -0.2) is 18.5 Å². The number of rotatable bonds is 4. The fourth-order valence-electron chi connectivity index (χ4n) is 2.18. The predicted molar refractivity (Wildman–Crippen MR) is 77.3 cm³/mol. The quantitative estimate of drug-likeness (QED) is 0.904. The summed E-state index contributed by atoms with van der Waals surface area (Å²) in [4.78, 5) is 5.67. The maximum Gasteiger partial charge on any atom is 0.263 e. The van der Waals surface area contributed by atoms with Crippen LogP contribution in [0.5, 0.6) is 0 Å². The van der Waals surface area contributed by atoms with Gasteiger partial charge in [0.15, 0.2) is 5.13 Å². The number of nitrogens with one attached hydrogen (secondary N) is 1. The van der Waals surface area contributed by atoms with Crippen LogP contribution in [0.15, 0.2) is 29.2 Å². The van der Waals surface area contributed by atoms with E-state index in [-0.39, 0.29) is 11.5 Å². The number of benzene rings is 1. The minimum absolute atomic E-state index is 0.104. The molecular formula is C13H14N2O3S2. The second kappa shape index (κ2) is 5.16. The highest BCUT2D eigenvalue weighted by molar-refractivity contribution is 7.93. The van der Waals surface area contributed by atoms with Gasteiger partial charge in [0.2, 0.25) is 0 Å². The van der Waals surface area contributed by atoms with Gasteiger partial charge in [0.25, 0.3) is 10.0 Å². The summed E-state index contributed by atoms with van der Waals surface area (Å²) in [6.07, 6.45) is 3.02. The van der Waals surface area contributed by atoms with E-state index < -0.39 is 10.0 Å². The topological polar surface area (TPSA) is 79.3 Å². The van der Waals surface area contributed by atoms with Crippen LogP contribution < -0.4 is 4.72 Å². The maximum atomic E-state index is 12.2. The molecule has 1 heterocycles. The highest BCUT2D eigenvalue weighted by atomic mass is 32.2. The van der Waals surface area contributed by atoms with E-state index in [4.69, 9.17) is 5.11 Å². The minimum atomic E-state index is -3.61. The molecule has 7 heteroatoms. The molecule has 106 valence electrons. The molecule has 2 aromatic rings. The third kappa shape index (κ3) is 2.56. The van der Waals surface area contributed by atoms with E-state index in [0.29, 0.717) is 10.7 Å². The smallest absolute Gasteiger partial charge is 0.263 e. The number of aliphatic hydroxyl groups is 1. The molecule has 0 aliphatic heterocycles. The summed E-state index contributed by atoms with van der Waals surface area (Å²) >= 11 is 1.41. The zero-order valence-electron chi connectivity index (χ0n) is 10.7. The third-order valence-electron chi connectivity index (χ3n) is 3.23. The average Bonchev–Trinajstić information content (AvgIpc) is 2.99. The molecule has 0 spiro atoms. The predicted octanol–water partition coefficient (Wildman–Crippen LogP) is 1.92. The van der Waals surface area contributed by atoms with E-state index in [1.165, 1.54) is 28.3 Å². The van der Waals surface area contributed by atoms with Gasteiger partial charge >= 0.3 is 0 Å². The monoisotopic (exact) mass is 310 g/mol. The highest BCUT2D eigenvalue weighted by Crippen LogP contribution is 2.31. The van der Waals surface area contributed by atoms with Gasteiger partial charge < -0.3 is 5.11 Å². The van der Waals surface area contributed by atoms with Gasteiger partial charge in [-0.15, -0.1) is 11.3 Å². The molecule has 1 aliphatic rings. The Morgan fingerprint density at radius 1 is 1.25 bits per heavy atom. The molecule has 0 amide bonds. The van der Waals surface area contributed by atoms with Crippen LogP contribution in [-0.2, 0) is 29.5 Å². The fourth-order valence-corrected chi connectivity index (χ4v) is 4.47. The second-order valence-corrected chi connectivity index (χ2v) is 7.42. The van der Waals surface area contributed by atoms with Crippen molar-refractivity contribution in [3.8, 4) is 0 Å². The molecule has 0 fully saturated rings. The minimum Gasteiger partial charge on any atom is -0.392 e. The lowest BCUT2D eigenvalue weighted by molar-refractivity contribution is 0.282. The van der Waals surface area contributed by atoms with Gasteiger partial charge in [-0.1, -0.05) is 12.1 Å². The first-order chi connectivity index (χ1) is 9.58. The number of thiazole rings is 1. The lowest BCUT2D eigenvalue weighted by Gasteiger charge is -2.05. The third-order valence-corrected chi connectivity index (χ3v) is 5.79. The van der Waals surface area contributed by atoms with E-state index in [1.807, 2.05) is 0 Å². The van der Waals surface area contributed by atoms with Gasteiger partial charge in [0, 0.05) is 4.88 Å². The Hall–Kier alpha value is -1.44. The van der Waals surface area contributed by atoms with Crippen molar-refractivity contribution in [2.45, 2.75) is 30.8 Å². The Kier molecular flexibility index (Phi) is 3.49. The Bertz CT molecular complexity index is 699. The second-order valence-electron chi connectivity index (χ2n) is 4.65. The molecule has 1 aromatic heterocycles. The van der Waals surface area contributed by atoms with Crippen LogP contribution in [0.1, 0.15) is 22.6 Å². The molecule has 20 heavy (non-hydrogen) atoms. The molecule has 5 nitrogen and oxygen atoms in total. The normalized spacial score (nSPS) is 14.2. The SMILES string of the molecule is O=S(=O)(Nc1nc2c(s1)CCC2)c1ccc(CO)cc1. The Balaban J connectivity index is 1.83. The molecule has 3 rings (SSSR count). The van der Waals surface area contributed by atoms with Gasteiger partial charge in [-0.2, -0.15) is 0 Å². The van der Waals surface area contributed by atoms with Crippen LogP contribution in [0, 0.1) is 0 Å². The summed E-state index contributed by atoms with van der Waals surface area (Å²) in [7, 11) is -3.61. The van der Waals surface area contributed by atoms with Crippen LogP contribution in [0.2, 0.25) is 0 Å². The van der Waals surface area contributed by atoms with Crippen molar-refractivity contribution in [3.63, 3.8) is 0 Å². The van der Waals surface area contributed by atoms with E-state index in [9.17, 15) is 8.42 Å². The lowest BCUT2D eigenvalue weighted by Crippen LogP contribution is -2.12. The number of anilines is 1. The van der Waals surface area contributed by atoms with Gasteiger partial charge in [-0.05, 0) is 37.0 Å². The van der Waals surface area contributed by atoms with Gasteiger partial charge in [-0.3, -0.25) is 4.72 Å². The Morgan fingerprint density at radius 3 is 2.65 bits per heavy atom. The molecule has 0 atom stereocenters. The first kappa shape index (κ1) is 13.5. The van der Waals surface area contributed by atoms with Crippen molar-refractivity contribution in [3.05, 3.63) is 40.4 Å². The van der Waals surface area contributed by atoms with Crippen LogP contribution in [0.25, 0.3) is 0 Å². The molecule has 1 aliphatic carbocycles. The number of aromatic nitrogens is 1. The summed E-state index contributed by atoms with van der Waals surface area (Å²) in [5, 5.41) is 9.39. The van der Waals surface area contributed by atoms with Gasteiger partial charge in [0.1, 0.15) is 0 Å². The van der Waals surface area contributed by atoms with Crippen molar-refractivity contribution in [1.29, 1.82) is 0 Å². The van der Waals surface area contributed by atoms with Crippen LogP contribution in [0.4, 0.5) is 5.13 Å². The molecule has 0 saturated heterocycles. The lowest BCUT2D eigenvalue weighted by atomic mass is 10.2. The first-order valence-corrected chi connectivity index (χ1v) is 8.59. The summed E-state index contributed by atoms with van der Waals surface area (Å²) < 4.78 is 27.0. The van der Waals surface area contributed by atoms with Crippen molar-refractivity contribution in [1.82, 2.24) is 4.98 Å². The molecule has 0 saturated carbocycles. The molecular weight excluding hydrogens is 296 g/mol. The Morgan fingerprint density at radius 2 is 2.00 bits per heavy atom. The van der Waals surface area contributed by atoms with E-state index in [2.05, 4.69) is 9.71 Å². The van der Waals surface area contributed by atoms with Crippen LogP contribution in [0.3, 0.4) is 0 Å². The number of sulfonamides is 1. The molecule has 0 unspecified atom stereocenters. The zero-order chi connectivity index (χ0) is 14.2. The summed E-state index contributed by atoms with van der Waals surface area (Å²) in [5.41, 5.74) is 1.69. The molecule has 2 N–H and O–H groups in total. The first-order valence-electron chi connectivity index (χ1n) is 6.30. The van der Waals surface area contributed by atoms with E-state index >= 15 is 0 Å². The van der Waals surface area contributed by atoms with Gasteiger partial charge in [-0.25, -0.2) is 13.4 Å². The number of hydrogen-bond acceptors (Lipinski definition) is 5. The number of hydrogen-bond donors (Lipinski definition) is 2. The fraction of sp³-hybridized carbons (Fsp3) is 0.308. The van der Waals surface area contributed by atoms with Crippen molar-refractivity contribution < 1.29 is 13.5 Å². The summed E-state index contributed by atoms with van der Waals surface area (Å²) in [6.45, 7) is -0.104. The van der Waals surface area contributed by atoms with Crippen molar-refractivity contribution >= 4 is 26.5 Å². The molecule has 0 bridgehead atoms. The summed E-state index contributed by atoms with van der Waals surface area (Å²) in [6, 6.07) is 6.15. The zero-order valence-corrected chi connectivity index (χ0v) is 12.3. The van der Waals surface area contributed by atoms with Crippen molar-refractivity contribution in [2.24, 2.45) is 0 Å². The van der Waals surface area contributed by atoms with E-state index in [1.54, 1.807) is 12.1 Å². The molecule has 0 radical (unpaired) electrons. The molecule has 1 aromatic carbocycles.